The van der Waals surface area contributed by atoms with E-state index in [0.29, 0.717) is 10.7 Å². The van der Waals surface area contributed by atoms with E-state index in [9.17, 15) is 4.79 Å². The number of hydrogen-bond acceptors (Lipinski definition) is 3. The molecule has 0 aliphatic carbocycles. The minimum Gasteiger partial charge on any atom is -0.345 e. The zero-order valence-electron chi connectivity index (χ0n) is 12.3. The van der Waals surface area contributed by atoms with Crippen LogP contribution in [0.1, 0.15) is 28.5 Å². The predicted molar refractivity (Wildman–Crippen MR) is 87.2 cm³/mol. The fourth-order valence-corrected chi connectivity index (χ4v) is 3.18. The number of nitrogens with zero attached hydrogens (tertiary/aromatic N) is 2. The van der Waals surface area contributed by atoms with E-state index in [1.165, 1.54) is 28.1 Å². The number of aromatic nitrogens is 2. The Morgan fingerprint density at radius 1 is 1.38 bits per heavy atom. The normalized spacial score (nSPS) is 11.0. The molecule has 1 aromatic carbocycles. The molecule has 3 aromatic rings. The largest absolute Gasteiger partial charge is 0.345 e. The quantitative estimate of drug-likeness (QED) is 0.795. The van der Waals surface area contributed by atoms with Crippen LogP contribution < -0.4 is 5.32 Å². The molecule has 4 nitrogen and oxygen atoms in total. The molecule has 0 radical (unpaired) electrons. The highest BCUT2D eigenvalue weighted by Crippen LogP contribution is 2.26. The van der Waals surface area contributed by atoms with Crippen LogP contribution in [0.5, 0.6) is 0 Å². The molecule has 2 aromatic heterocycles. The van der Waals surface area contributed by atoms with Crippen LogP contribution in [0.3, 0.4) is 0 Å². The molecular formula is C16H17N3OS. The van der Waals surface area contributed by atoms with Gasteiger partial charge in [-0.15, -0.1) is 11.3 Å². The molecule has 3 rings (SSSR count). The van der Waals surface area contributed by atoms with Crippen molar-refractivity contribution in [1.29, 1.82) is 0 Å². The number of nitrogens with one attached hydrogen (secondary N) is 1. The van der Waals surface area contributed by atoms with E-state index in [1.54, 1.807) is 6.20 Å². The molecular weight excluding hydrogens is 282 g/mol. The molecule has 0 atom stereocenters. The van der Waals surface area contributed by atoms with Crippen molar-refractivity contribution in [3.05, 3.63) is 46.6 Å². The summed E-state index contributed by atoms with van der Waals surface area (Å²) in [5.74, 6) is -0.117. The Morgan fingerprint density at radius 3 is 2.86 bits per heavy atom. The predicted octanol–water partition coefficient (Wildman–Crippen LogP) is 3.99. The molecule has 0 saturated carbocycles. The van der Waals surface area contributed by atoms with Crippen molar-refractivity contribution in [3.8, 4) is 0 Å². The maximum atomic E-state index is 12.3. The number of rotatable bonds is 3. The third kappa shape index (κ3) is 2.34. The smallest absolute Gasteiger partial charge is 0.257 e. The van der Waals surface area contributed by atoms with Gasteiger partial charge in [-0.1, -0.05) is 0 Å². The van der Waals surface area contributed by atoms with Gasteiger partial charge in [0, 0.05) is 40.3 Å². The lowest BCUT2D eigenvalue weighted by atomic mass is 10.1. The van der Waals surface area contributed by atoms with Crippen LogP contribution in [-0.4, -0.2) is 15.5 Å². The maximum absolute atomic E-state index is 12.3. The topological polar surface area (TPSA) is 46.9 Å². The highest BCUT2D eigenvalue weighted by molar-refractivity contribution is 7.13. The van der Waals surface area contributed by atoms with Gasteiger partial charge < -0.3 is 4.57 Å². The first kappa shape index (κ1) is 13.8. The number of carbonyl (C=O) groups excluding carboxylic acids is 1. The van der Waals surface area contributed by atoms with Gasteiger partial charge in [-0.05, 0) is 44.5 Å². The summed E-state index contributed by atoms with van der Waals surface area (Å²) in [7, 11) is 0. The molecule has 0 bridgehead atoms. The SMILES string of the molecule is CCn1c(C)c(C)c2cc(C(=O)Nc3nccs3)ccc21. The van der Waals surface area contributed by atoms with E-state index >= 15 is 0 Å². The van der Waals surface area contributed by atoms with Crippen LogP contribution in [0.25, 0.3) is 10.9 Å². The lowest BCUT2D eigenvalue weighted by Crippen LogP contribution is -2.11. The zero-order chi connectivity index (χ0) is 15.0. The molecule has 0 fully saturated rings. The summed E-state index contributed by atoms with van der Waals surface area (Å²) in [4.78, 5) is 16.4. The lowest BCUT2D eigenvalue weighted by molar-refractivity contribution is 0.102. The number of benzene rings is 1. The van der Waals surface area contributed by atoms with Gasteiger partial charge in [-0.25, -0.2) is 4.98 Å². The molecule has 0 spiro atoms. The van der Waals surface area contributed by atoms with Crippen molar-refractivity contribution in [2.75, 3.05) is 5.32 Å². The summed E-state index contributed by atoms with van der Waals surface area (Å²) in [6.07, 6.45) is 1.68. The third-order valence-electron chi connectivity index (χ3n) is 3.87. The van der Waals surface area contributed by atoms with E-state index in [-0.39, 0.29) is 5.91 Å². The molecule has 1 N–H and O–H groups in total. The van der Waals surface area contributed by atoms with Crippen molar-refractivity contribution in [2.45, 2.75) is 27.3 Å². The second kappa shape index (κ2) is 5.33. The number of thiazole rings is 1. The summed E-state index contributed by atoms with van der Waals surface area (Å²) in [5, 5.41) is 6.42. The first-order chi connectivity index (χ1) is 10.1. The van der Waals surface area contributed by atoms with Crippen molar-refractivity contribution in [1.82, 2.24) is 9.55 Å². The molecule has 0 unspecified atom stereocenters. The minimum atomic E-state index is -0.117. The molecule has 21 heavy (non-hydrogen) atoms. The maximum Gasteiger partial charge on any atom is 0.257 e. The van der Waals surface area contributed by atoms with E-state index in [2.05, 4.69) is 35.6 Å². The summed E-state index contributed by atoms with van der Waals surface area (Å²) in [6.45, 7) is 7.29. The monoisotopic (exact) mass is 299 g/mol. The molecule has 0 aliphatic rings. The fraction of sp³-hybridized carbons (Fsp3) is 0.250. The van der Waals surface area contributed by atoms with E-state index < -0.39 is 0 Å². The summed E-state index contributed by atoms with van der Waals surface area (Å²) in [6, 6.07) is 5.86. The molecule has 1 amide bonds. The van der Waals surface area contributed by atoms with Crippen molar-refractivity contribution < 1.29 is 4.79 Å². The van der Waals surface area contributed by atoms with Crippen molar-refractivity contribution in [3.63, 3.8) is 0 Å². The Bertz CT molecular complexity index is 803. The average Bonchev–Trinajstić information content (AvgIpc) is 3.07. The number of aryl methyl sites for hydroxylation is 2. The van der Waals surface area contributed by atoms with Crippen molar-refractivity contribution in [2.24, 2.45) is 0 Å². The van der Waals surface area contributed by atoms with Crippen LogP contribution in [0.2, 0.25) is 0 Å². The number of amides is 1. The first-order valence-electron chi connectivity index (χ1n) is 6.92. The van der Waals surface area contributed by atoms with E-state index in [4.69, 9.17) is 0 Å². The van der Waals surface area contributed by atoms with Gasteiger partial charge in [0.25, 0.3) is 5.91 Å². The number of hydrogen-bond donors (Lipinski definition) is 1. The van der Waals surface area contributed by atoms with Gasteiger partial charge in [0.05, 0.1) is 0 Å². The van der Waals surface area contributed by atoms with Crippen molar-refractivity contribution >= 4 is 33.3 Å². The summed E-state index contributed by atoms with van der Waals surface area (Å²) in [5.41, 5.74) is 4.33. The summed E-state index contributed by atoms with van der Waals surface area (Å²) >= 11 is 1.42. The van der Waals surface area contributed by atoms with Crippen LogP contribution in [0.15, 0.2) is 29.8 Å². The zero-order valence-corrected chi connectivity index (χ0v) is 13.1. The molecule has 0 aliphatic heterocycles. The molecule has 0 saturated heterocycles. The van der Waals surface area contributed by atoms with Gasteiger partial charge in [-0.3, -0.25) is 10.1 Å². The fourth-order valence-electron chi connectivity index (χ4n) is 2.65. The number of carbonyl (C=O) groups is 1. The van der Waals surface area contributed by atoms with Crippen LogP contribution >= 0.6 is 11.3 Å². The Morgan fingerprint density at radius 2 is 2.19 bits per heavy atom. The van der Waals surface area contributed by atoms with Crippen LogP contribution in [-0.2, 0) is 6.54 Å². The van der Waals surface area contributed by atoms with Gasteiger partial charge in [-0.2, -0.15) is 0 Å². The van der Waals surface area contributed by atoms with Crippen LogP contribution in [0.4, 0.5) is 5.13 Å². The average molecular weight is 299 g/mol. The molecule has 5 heteroatoms. The molecule has 108 valence electrons. The lowest BCUT2D eigenvalue weighted by Gasteiger charge is -2.05. The van der Waals surface area contributed by atoms with Gasteiger partial charge in [0.1, 0.15) is 0 Å². The van der Waals surface area contributed by atoms with Gasteiger partial charge in [0.15, 0.2) is 5.13 Å². The Labute approximate surface area is 127 Å². The standard InChI is InChI=1S/C16H17N3OS/c1-4-19-11(3)10(2)13-9-12(5-6-14(13)19)15(20)18-16-17-7-8-21-16/h5-9H,4H2,1-3H3,(H,17,18,20). The highest BCUT2D eigenvalue weighted by atomic mass is 32.1. The van der Waals surface area contributed by atoms with E-state index in [0.717, 1.165) is 11.9 Å². The second-order valence-electron chi connectivity index (χ2n) is 4.98. The minimum absolute atomic E-state index is 0.117. The first-order valence-corrected chi connectivity index (χ1v) is 7.80. The van der Waals surface area contributed by atoms with Gasteiger partial charge >= 0.3 is 0 Å². The Hall–Kier alpha value is -2.14. The number of fused-ring (bicyclic) bond motifs is 1. The Balaban J connectivity index is 2.01. The van der Waals surface area contributed by atoms with Gasteiger partial charge in [0.2, 0.25) is 0 Å². The van der Waals surface area contributed by atoms with E-state index in [1.807, 2.05) is 23.6 Å². The Kier molecular flexibility index (Phi) is 3.51. The summed E-state index contributed by atoms with van der Waals surface area (Å²) < 4.78 is 2.27. The highest BCUT2D eigenvalue weighted by Gasteiger charge is 2.13. The molecule has 2 heterocycles. The second-order valence-corrected chi connectivity index (χ2v) is 5.87. The number of anilines is 1. The van der Waals surface area contributed by atoms with Crippen LogP contribution in [0, 0.1) is 13.8 Å². The third-order valence-corrected chi connectivity index (χ3v) is 4.56.